The predicted octanol–water partition coefficient (Wildman–Crippen LogP) is 2.74. The lowest BCUT2D eigenvalue weighted by molar-refractivity contribution is -0.123. The summed E-state index contributed by atoms with van der Waals surface area (Å²) < 4.78 is 5.30. The summed E-state index contributed by atoms with van der Waals surface area (Å²) in [4.78, 5) is 14.5. The summed E-state index contributed by atoms with van der Waals surface area (Å²) in [5.74, 6) is 0.0490. The van der Waals surface area contributed by atoms with Crippen LogP contribution in [0.25, 0.3) is 0 Å². The number of nitrogens with zero attached hydrogens (tertiary/aromatic N) is 1. The van der Waals surface area contributed by atoms with Crippen LogP contribution in [-0.2, 0) is 4.79 Å². The van der Waals surface area contributed by atoms with Crippen LogP contribution < -0.4 is 4.74 Å². The van der Waals surface area contributed by atoms with Gasteiger partial charge in [-0.1, -0.05) is 17.7 Å². The van der Waals surface area contributed by atoms with Crippen molar-refractivity contribution in [2.75, 3.05) is 0 Å². The molecule has 3 nitrogen and oxygen atoms in total. The molecule has 5 heteroatoms. The lowest BCUT2D eigenvalue weighted by Gasteiger charge is -2.10. The molecule has 0 N–H and O–H groups in total. The van der Waals surface area contributed by atoms with Crippen molar-refractivity contribution in [2.24, 2.45) is 4.99 Å². The fraction of sp³-hybridized carbons (Fsp3) is 0.200. The molecular formula is C10H8ClNO2S. The van der Waals surface area contributed by atoms with Crippen molar-refractivity contribution in [3.8, 4) is 5.75 Å². The number of hydrogen-bond acceptors (Lipinski definition) is 3. The molecule has 0 radical (unpaired) electrons. The average molecular weight is 242 g/mol. The molecular weight excluding hydrogens is 234 g/mol. The SMILES string of the molecule is CC(Oc1cccc(Cl)c1)C(=O)N=C=S. The van der Waals surface area contributed by atoms with Crippen LogP contribution >= 0.6 is 23.8 Å². The number of isothiocyanates is 1. The first kappa shape index (κ1) is 11.9. The number of thiocarbonyl (C=S) groups is 1. The van der Waals surface area contributed by atoms with E-state index in [2.05, 4.69) is 17.2 Å². The molecule has 78 valence electrons. The molecule has 0 aromatic heterocycles. The quantitative estimate of drug-likeness (QED) is 0.603. The Morgan fingerprint density at radius 2 is 2.40 bits per heavy atom. The van der Waals surface area contributed by atoms with Gasteiger partial charge in [0, 0.05) is 5.02 Å². The average Bonchev–Trinajstić information content (AvgIpc) is 2.18. The van der Waals surface area contributed by atoms with Crippen molar-refractivity contribution in [1.82, 2.24) is 0 Å². The number of halogens is 1. The molecule has 15 heavy (non-hydrogen) atoms. The van der Waals surface area contributed by atoms with Gasteiger partial charge < -0.3 is 4.74 Å². The minimum Gasteiger partial charge on any atom is -0.481 e. The third-order valence-corrected chi connectivity index (χ3v) is 1.94. The molecule has 0 saturated heterocycles. The van der Waals surface area contributed by atoms with Gasteiger partial charge in [-0.05, 0) is 37.3 Å². The molecule has 0 bridgehead atoms. The number of amides is 1. The zero-order chi connectivity index (χ0) is 11.3. The monoisotopic (exact) mass is 241 g/mol. The highest BCUT2D eigenvalue weighted by atomic mass is 35.5. The van der Waals surface area contributed by atoms with Gasteiger partial charge in [-0.15, -0.1) is 0 Å². The normalized spacial score (nSPS) is 11.3. The van der Waals surface area contributed by atoms with Crippen LogP contribution in [0.15, 0.2) is 29.3 Å². The minimum absolute atomic E-state index is 0.468. The number of hydrogen-bond donors (Lipinski definition) is 0. The number of ether oxygens (including phenoxy) is 1. The Labute approximate surface area is 97.7 Å². The second-order valence-corrected chi connectivity index (χ2v) is 3.38. The number of aliphatic imine (C=N–C) groups is 1. The van der Waals surface area contributed by atoms with Crippen LogP contribution in [0.4, 0.5) is 0 Å². The Morgan fingerprint density at radius 3 is 3.00 bits per heavy atom. The lowest BCUT2D eigenvalue weighted by atomic mass is 10.3. The Kier molecular flexibility index (Phi) is 4.43. The highest BCUT2D eigenvalue weighted by Crippen LogP contribution is 2.18. The summed E-state index contributed by atoms with van der Waals surface area (Å²) in [6.45, 7) is 1.58. The topological polar surface area (TPSA) is 38.7 Å². The number of carbonyl (C=O) groups excluding carboxylic acids is 1. The van der Waals surface area contributed by atoms with Gasteiger partial charge in [0.2, 0.25) is 0 Å². The molecule has 0 fully saturated rings. The van der Waals surface area contributed by atoms with Gasteiger partial charge in [0.15, 0.2) is 6.10 Å². The Hall–Kier alpha value is -1.22. The van der Waals surface area contributed by atoms with E-state index in [-0.39, 0.29) is 0 Å². The van der Waals surface area contributed by atoms with Crippen LogP contribution in [0.5, 0.6) is 5.75 Å². The Morgan fingerprint density at radius 1 is 1.67 bits per heavy atom. The van der Waals surface area contributed by atoms with E-state index in [0.29, 0.717) is 10.8 Å². The summed E-state index contributed by atoms with van der Waals surface area (Å²) in [5, 5.41) is 2.55. The van der Waals surface area contributed by atoms with Crippen LogP contribution in [0.3, 0.4) is 0 Å². The smallest absolute Gasteiger partial charge is 0.295 e. The van der Waals surface area contributed by atoms with Crippen molar-refractivity contribution in [3.63, 3.8) is 0 Å². The van der Waals surface area contributed by atoms with E-state index in [1.54, 1.807) is 31.2 Å². The molecule has 1 atom stereocenters. The van der Waals surface area contributed by atoms with Gasteiger partial charge in [0.1, 0.15) is 5.75 Å². The second-order valence-electron chi connectivity index (χ2n) is 2.76. The van der Waals surface area contributed by atoms with E-state index in [1.165, 1.54) is 0 Å². The van der Waals surface area contributed by atoms with E-state index in [0.717, 1.165) is 0 Å². The van der Waals surface area contributed by atoms with Crippen molar-refractivity contribution in [2.45, 2.75) is 13.0 Å². The van der Waals surface area contributed by atoms with E-state index >= 15 is 0 Å². The maximum absolute atomic E-state index is 11.2. The molecule has 0 saturated carbocycles. The third-order valence-electron chi connectivity index (χ3n) is 1.61. The van der Waals surface area contributed by atoms with Crippen molar-refractivity contribution in [1.29, 1.82) is 0 Å². The summed E-state index contributed by atoms with van der Waals surface area (Å²) in [6, 6.07) is 6.77. The fourth-order valence-electron chi connectivity index (χ4n) is 0.931. The van der Waals surface area contributed by atoms with Gasteiger partial charge in [0.05, 0.1) is 5.16 Å². The summed E-state index contributed by atoms with van der Waals surface area (Å²) in [7, 11) is 0. The molecule has 1 aromatic rings. The third kappa shape index (κ3) is 3.80. The van der Waals surface area contributed by atoms with Crippen LogP contribution in [-0.4, -0.2) is 17.2 Å². The minimum atomic E-state index is -0.695. The number of benzene rings is 1. The predicted molar refractivity (Wildman–Crippen MR) is 61.6 cm³/mol. The largest absolute Gasteiger partial charge is 0.481 e. The Balaban J connectivity index is 2.70. The molecule has 0 aliphatic rings. The van der Waals surface area contributed by atoms with E-state index in [1.807, 2.05) is 5.16 Å². The van der Waals surface area contributed by atoms with E-state index in [9.17, 15) is 4.79 Å². The number of carbonyl (C=O) groups is 1. The summed E-state index contributed by atoms with van der Waals surface area (Å²) >= 11 is 10.1. The molecule has 0 aliphatic heterocycles. The maximum Gasteiger partial charge on any atom is 0.295 e. The molecule has 1 rings (SSSR count). The van der Waals surface area contributed by atoms with Crippen LogP contribution in [0.2, 0.25) is 5.02 Å². The van der Waals surface area contributed by atoms with Gasteiger partial charge in [-0.2, -0.15) is 4.99 Å². The van der Waals surface area contributed by atoms with Crippen molar-refractivity contribution in [3.05, 3.63) is 29.3 Å². The van der Waals surface area contributed by atoms with Gasteiger partial charge in [-0.3, -0.25) is 4.79 Å². The maximum atomic E-state index is 11.2. The first-order chi connectivity index (χ1) is 7.13. The number of rotatable bonds is 3. The van der Waals surface area contributed by atoms with Gasteiger partial charge in [0.25, 0.3) is 5.91 Å². The van der Waals surface area contributed by atoms with Crippen LogP contribution in [0.1, 0.15) is 6.92 Å². The standard InChI is InChI=1S/C10H8ClNO2S/c1-7(10(13)12-6-15)14-9-4-2-3-8(11)5-9/h2-5,7H,1H3. The molecule has 1 amide bonds. The fourth-order valence-corrected chi connectivity index (χ4v) is 1.20. The summed E-state index contributed by atoms with van der Waals surface area (Å²) in [6.07, 6.45) is -0.695. The first-order valence-corrected chi connectivity index (χ1v) is 4.96. The first-order valence-electron chi connectivity index (χ1n) is 4.17. The van der Waals surface area contributed by atoms with Crippen LogP contribution in [0, 0.1) is 0 Å². The highest BCUT2D eigenvalue weighted by Gasteiger charge is 2.13. The van der Waals surface area contributed by atoms with Gasteiger partial charge in [-0.25, -0.2) is 0 Å². The zero-order valence-electron chi connectivity index (χ0n) is 7.94. The highest BCUT2D eigenvalue weighted by molar-refractivity contribution is 7.78. The van der Waals surface area contributed by atoms with Crippen molar-refractivity contribution >= 4 is 34.9 Å². The Bertz CT molecular complexity index is 416. The van der Waals surface area contributed by atoms with Gasteiger partial charge >= 0.3 is 0 Å². The second kappa shape index (κ2) is 5.61. The zero-order valence-corrected chi connectivity index (χ0v) is 9.51. The molecule has 0 spiro atoms. The molecule has 1 aromatic carbocycles. The van der Waals surface area contributed by atoms with E-state index < -0.39 is 12.0 Å². The lowest BCUT2D eigenvalue weighted by Crippen LogP contribution is -2.21. The van der Waals surface area contributed by atoms with E-state index in [4.69, 9.17) is 16.3 Å². The molecule has 0 aliphatic carbocycles. The van der Waals surface area contributed by atoms with Crippen molar-refractivity contribution < 1.29 is 9.53 Å². The summed E-state index contributed by atoms with van der Waals surface area (Å²) in [5.41, 5.74) is 0. The molecule has 0 heterocycles. The molecule has 1 unspecified atom stereocenters.